The summed E-state index contributed by atoms with van der Waals surface area (Å²) in [4.78, 5) is 22.7. The van der Waals surface area contributed by atoms with Crippen molar-refractivity contribution in [1.82, 2.24) is 5.32 Å². The standard InChI is InChI=1S/C12H17NO3/c1-7(3-11(14)16-2)13-12(15)10-5-8-4-9(8)6-10/h3,8-10H,4-6H2,1-2H3,(H,13,15)/b7-3-. The van der Waals surface area contributed by atoms with Gasteiger partial charge in [-0.1, -0.05) is 0 Å². The summed E-state index contributed by atoms with van der Waals surface area (Å²) in [6.07, 6.45) is 4.64. The van der Waals surface area contributed by atoms with Gasteiger partial charge in [0, 0.05) is 17.7 Å². The summed E-state index contributed by atoms with van der Waals surface area (Å²) in [6, 6.07) is 0. The molecule has 2 aliphatic rings. The van der Waals surface area contributed by atoms with E-state index in [9.17, 15) is 9.59 Å². The molecule has 0 saturated heterocycles. The van der Waals surface area contributed by atoms with Crippen molar-refractivity contribution < 1.29 is 14.3 Å². The number of esters is 1. The van der Waals surface area contributed by atoms with Crippen LogP contribution in [0, 0.1) is 17.8 Å². The van der Waals surface area contributed by atoms with E-state index >= 15 is 0 Å². The number of fused-ring (bicyclic) bond motifs is 1. The fourth-order valence-corrected chi connectivity index (χ4v) is 2.50. The molecule has 0 aromatic carbocycles. The molecule has 0 aromatic heterocycles. The molecule has 0 bridgehead atoms. The maximum Gasteiger partial charge on any atom is 0.332 e. The summed E-state index contributed by atoms with van der Waals surface area (Å²) in [6.45, 7) is 1.70. The molecule has 0 aliphatic heterocycles. The molecule has 0 heterocycles. The van der Waals surface area contributed by atoms with Crippen molar-refractivity contribution in [3.63, 3.8) is 0 Å². The van der Waals surface area contributed by atoms with Gasteiger partial charge in [0.2, 0.25) is 5.91 Å². The van der Waals surface area contributed by atoms with E-state index in [4.69, 9.17) is 0 Å². The monoisotopic (exact) mass is 223 g/mol. The van der Waals surface area contributed by atoms with Crippen molar-refractivity contribution in [2.24, 2.45) is 17.8 Å². The molecule has 0 radical (unpaired) electrons. The second-order valence-electron chi connectivity index (χ2n) is 4.76. The Kier molecular flexibility index (Phi) is 2.99. The highest BCUT2D eigenvalue weighted by Gasteiger charge is 2.47. The van der Waals surface area contributed by atoms with E-state index in [1.54, 1.807) is 6.92 Å². The van der Waals surface area contributed by atoms with Crippen molar-refractivity contribution in [3.8, 4) is 0 Å². The van der Waals surface area contributed by atoms with E-state index in [-0.39, 0.29) is 11.8 Å². The lowest BCUT2D eigenvalue weighted by atomic mass is 10.0. The fourth-order valence-electron chi connectivity index (χ4n) is 2.50. The molecule has 2 saturated carbocycles. The van der Waals surface area contributed by atoms with E-state index in [2.05, 4.69) is 10.1 Å². The molecule has 88 valence electrons. The van der Waals surface area contributed by atoms with Crippen LogP contribution >= 0.6 is 0 Å². The summed E-state index contributed by atoms with van der Waals surface area (Å²) in [5, 5.41) is 2.75. The summed E-state index contributed by atoms with van der Waals surface area (Å²) in [5.74, 6) is 1.34. The Balaban J connectivity index is 1.82. The number of methoxy groups -OCH3 is 1. The van der Waals surface area contributed by atoms with E-state index in [1.165, 1.54) is 19.6 Å². The second kappa shape index (κ2) is 4.28. The second-order valence-corrected chi connectivity index (χ2v) is 4.76. The van der Waals surface area contributed by atoms with Crippen LogP contribution in [0.15, 0.2) is 11.8 Å². The summed E-state index contributed by atoms with van der Waals surface area (Å²) >= 11 is 0. The first-order chi connectivity index (χ1) is 7.60. The maximum absolute atomic E-state index is 11.8. The van der Waals surface area contributed by atoms with Gasteiger partial charge in [-0.3, -0.25) is 4.79 Å². The highest BCUT2D eigenvalue weighted by atomic mass is 16.5. The summed E-state index contributed by atoms with van der Waals surface area (Å²) < 4.78 is 4.49. The van der Waals surface area contributed by atoms with Crippen LogP contribution in [-0.4, -0.2) is 19.0 Å². The maximum atomic E-state index is 11.8. The molecule has 0 aromatic rings. The lowest BCUT2D eigenvalue weighted by molar-refractivity contribution is -0.134. The largest absolute Gasteiger partial charge is 0.466 e. The number of hydrogen-bond acceptors (Lipinski definition) is 3. The van der Waals surface area contributed by atoms with Crippen LogP contribution in [0.5, 0.6) is 0 Å². The molecule has 2 fully saturated rings. The zero-order chi connectivity index (χ0) is 11.7. The first-order valence-electron chi connectivity index (χ1n) is 5.67. The van der Waals surface area contributed by atoms with Gasteiger partial charge < -0.3 is 10.1 Å². The van der Waals surface area contributed by atoms with E-state index in [0.717, 1.165) is 24.7 Å². The topological polar surface area (TPSA) is 55.4 Å². The average Bonchev–Trinajstić information content (AvgIpc) is 2.85. The average molecular weight is 223 g/mol. The first-order valence-corrected chi connectivity index (χ1v) is 5.67. The van der Waals surface area contributed by atoms with E-state index < -0.39 is 5.97 Å². The molecule has 2 aliphatic carbocycles. The van der Waals surface area contributed by atoms with Gasteiger partial charge in [-0.25, -0.2) is 4.79 Å². The van der Waals surface area contributed by atoms with Gasteiger partial charge in [-0.15, -0.1) is 0 Å². The van der Waals surface area contributed by atoms with Crippen LogP contribution in [0.3, 0.4) is 0 Å². The van der Waals surface area contributed by atoms with Crippen LogP contribution in [0.1, 0.15) is 26.2 Å². The van der Waals surface area contributed by atoms with Gasteiger partial charge in [-0.2, -0.15) is 0 Å². The molecular weight excluding hydrogens is 206 g/mol. The van der Waals surface area contributed by atoms with Crippen LogP contribution in [0.4, 0.5) is 0 Å². The highest BCUT2D eigenvalue weighted by molar-refractivity contribution is 5.85. The van der Waals surface area contributed by atoms with Crippen LogP contribution in [0.2, 0.25) is 0 Å². The number of carbonyl (C=O) groups is 2. The van der Waals surface area contributed by atoms with Crippen LogP contribution < -0.4 is 5.32 Å². The number of allylic oxidation sites excluding steroid dienone is 1. The smallest absolute Gasteiger partial charge is 0.332 e. The Labute approximate surface area is 95.0 Å². The zero-order valence-electron chi connectivity index (χ0n) is 9.66. The lowest BCUT2D eigenvalue weighted by Crippen LogP contribution is -2.29. The highest BCUT2D eigenvalue weighted by Crippen LogP contribution is 2.54. The molecule has 16 heavy (non-hydrogen) atoms. The minimum atomic E-state index is -0.438. The van der Waals surface area contributed by atoms with Gasteiger partial charge in [0.15, 0.2) is 0 Å². The van der Waals surface area contributed by atoms with Crippen molar-refractivity contribution in [3.05, 3.63) is 11.8 Å². The molecule has 2 atom stereocenters. The summed E-state index contributed by atoms with van der Waals surface area (Å²) in [7, 11) is 1.32. The number of hydrogen-bond donors (Lipinski definition) is 1. The molecule has 2 rings (SSSR count). The van der Waals surface area contributed by atoms with E-state index in [1.807, 2.05) is 0 Å². The van der Waals surface area contributed by atoms with Gasteiger partial charge in [0.1, 0.15) is 0 Å². The molecule has 2 unspecified atom stereocenters. The van der Waals surface area contributed by atoms with Gasteiger partial charge in [0.25, 0.3) is 0 Å². The first kappa shape index (κ1) is 11.2. The number of rotatable bonds is 3. The summed E-state index contributed by atoms with van der Waals surface area (Å²) in [5.41, 5.74) is 0.553. The lowest BCUT2D eigenvalue weighted by Gasteiger charge is -2.12. The molecule has 4 heteroatoms. The zero-order valence-corrected chi connectivity index (χ0v) is 9.66. The van der Waals surface area contributed by atoms with Crippen molar-refractivity contribution >= 4 is 11.9 Å². The molecule has 1 N–H and O–H groups in total. The Hall–Kier alpha value is -1.32. The number of amides is 1. The minimum absolute atomic E-state index is 0.0462. The van der Waals surface area contributed by atoms with E-state index in [0.29, 0.717) is 5.70 Å². The Morgan fingerprint density at radius 2 is 1.88 bits per heavy atom. The third-order valence-electron chi connectivity index (χ3n) is 3.47. The fraction of sp³-hybridized carbons (Fsp3) is 0.667. The molecule has 1 amide bonds. The van der Waals surface area contributed by atoms with Gasteiger partial charge in [-0.05, 0) is 38.0 Å². The van der Waals surface area contributed by atoms with Crippen molar-refractivity contribution in [2.75, 3.05) is 7.11 Å². The van der Waals surface area contributed by atoms with Crippen LogP contribution in [-0.2, 0) is 14.3 Å². The third-order valence-corrected chi connectivity index (χ3v) is 3.47. The van der Waals surface area contributed by atoms with Gasteiger partial charge in [0.05, 0.1) is 7.11 Å². The van der Waals surface area contributed by atoms with Gasteiger partial charge >= 0.3 is 5.97 Å². The predicted molar refractivity (Wildman–Crippen MR) is 58.2 cm³/mol. The van der Waals surface area contributed by atoms with Crippen molar-refractivity contribution in [1.29, 1.82) is 0 Å². The number of ether oxygens (including phenoxy) is 1. The Morgan fingerprint density at radius 3 is 2.44 bits per heavy atom. The third kappa shape index (κ3) is 2.43. The SMILES string of the molecule is COC(=O)/C=C(/C)NC(=O)C1CC2CC2C1. The minimum Gasteiger partial charge on any atom is -0.466 e. The normalized spacial score (nSPS) is 31.9. The number of nitrogens with one attached hydrogen (secondary N) is 1. The predicted octanol–water partition coefficient (Wildman–Crippen LogP) is 1.23. The molecular formula is C12H17NO3. The quantitative estimate of drug-likeness (QED) is 0.578. The molecule has 0 spiro atoms. The Morgan fingerprint density at radius 1 is 1.25 bits per heavy atom. The van der Waals surface area contributed by atoms with Crippen LogP contribution in [0.25, 0.3) is 0 Å². The number of carbonyl (C=O) groups excluding carboxylic acids is 2. The van der Waals surface area contributed by atoms with Crippen molar-refractivity contribution in [2.45, 2.75) is 26.2 Å². The Bertz CT molecular complexity index is 338. The molecule has 4 nitrogen and oxygen atoms in total.